The van der Waals surface area contributed by atoms with Crippen molar-refractivity contribution in [2.24, 2.45) is 5.92 Å². The number of piperidine rings is 1. The van der Waals surface area contributed by atoms with Gasteiger partial charge >= 0.3 is 6.09 Å². The highest BCUT2D eigenvalue weighted by molar-refractivity contribution is 5.95. The molecule has 142 valence electrons. The first-order valence-corrected chi connectivity index (χ1v) is 8.50. The molecule has 0 spiro atoms. The molecule has 26 heavy (non-hydrogen) atoms. The molecule has 1 aromatic carbocycles. The van der Waals surface area contributed by atoms with Crippen LogP contribution in [0.5, 0.6) is 0 Å². The third-order valence-corrected chi connectivity index (χ3v) is 3.86. The number of benzene rings is 1. The summed E-state index contributed by atoms with van der Waals surface area (Å²) in [6.07, 6.45) is 0.768. The summed E-state index contributed by atoms with van der Waals surface area (Å²) in [5.41, 5.74) is 3.74. The van der Waals surface area contributed by atoms with Gasteiger partial charge in [0.15, 0.2) is 0 Å². The van der Waals surface area contributed by atoms with Crippen LogP contribution in [0, 0.1) is 11.7 Å². The molecule has 8 heteroatoms. The lowest BCUT2D eigenvalue weighted by Crippen LogP contribution is -2.50. The van der Waals surface area contributed by atoms with Gasteiger partial charge in [0.05, 0.1) is 11.5 Å². The summed E-state index contributed by atoms with van der Waals surface area (Å²) in [7, 11) is 0. The second kappa shape index (κ2) is 8.16. The van der Waals surface area contributed by atoms with Crippen molar-refractivity contribution >= 4 is 17.9 Å². The Morgan fingerprint density at radius 1 is 1.19 bits per heavy atom. The zero-order valence-corrected chi connectivity index (χ0v) is 15.2. The number of halogens is 1. The van der Waals surface area contributed by atoms with E-state index in [1.54, 1.807) is 20.8 Å². The van der Waals surface area contributed by atoms with Crippen molar-refractivity contribution in [3.8, 4) is 0 Å². The highest BCUT2D eigenvalue weighted by Crippen LogP contribution is 2.19. The first-order valence-electron chi connectivity index (χ1n) is 8.50. The summed E-state index contributed by atoms with van der Waals surface area (Å²) in [4.78, 5) is 37.8. The summed E-state index contributed by atoms with van der Waals surface area (Å²) in [5, 5.41) is 0. The predicted octanol–water partition coefficient (Wildman–Crippen LogP) is 2.23. The molecule has 1 aliphatic rings. The average Bonchev–Trinajstić information content (AvgIpc) is 2.58. The quantitative estimate of drug-likeness (QED) is 0.787. The van der Waals surface area contributed by atoms with Crippen molar-refractivity contribution in [1.29, 1.82) is 0 Å². The largest absolute Gasteiger partial charge is 0.444 e. The zero-order valence-electron chi connectivity index (χ0n) is 15.2. The van der Waals surface area contributed by atoms with E-state index >= 15 is 0 Å². The maximum Gasteiger partial charge on any atom is 0.410 e. The summed E-state index contributed by atoms with van der Waals surface area (Å²) in [5.74, 6) is -2.32. The van der Waals surface area contributed by atoms with Crippen LogP contribution in [0.3, 0.4) is 0 Å². The molecule has 1 saturated heterocycles. The van der Waals surface area contributed by atoms with Gasteiger partial charge in [-0.15, -0.1) is 0 Å². The molecule has 0 aromatic heterocycles. The van der Waals surface area contributed by atoms with Gasteiger partial charge in [0, 0.05) is 13.1 Å². The highest BCUT2D eigenvalue weighted by atomic mass is 19.1. The number of hydrogen-bond acceptors (Lipinski definition) is 4. The maximum atomic E-state index is 13.6. The summed E-state index contributed by atoms with van der Waals surface area (Å²) < 4.78 is 18.9. The Morgan fingerprint density at radius 3 is 2.54 bits per heavy atom. The number of amides is 3. The van der Waals surface area contributed by atoms with Crippen LogP contribution in [0.2, 0.25) is 0 Å². The molecule has 3 amide bonds. The molecule has 0 saturated carbocycles. The van der Waals surface area contributed by atoms with Gasteiger partial charge in [-0.25, -0.2) is 9.18 Å². The van der Waals surface area contributed by atoms with Crippen LogP contribution in [0.25, 0.3) is 0 Å². The predicted molar refractivity (Wildman–Crippen MR) is 92.5 cm³/mol. The monoisotopic (exact) mass is 365 g/mol. The van der Waals surface area contributed by atoms with E-state index in [0.29, 0.717) is 19.4 Å². The SMILES string of the molecule is CC(C)(C)OC(=O)N1CCCC(C(=O)NNC(=O)c2ccccc2F)C1. The summed E-state index contributed by atoms with van der Waals surface area (Å²) in [6, 6.07) is 5.48. The fourth-order valence-electron chi connectivity index (χ4n) is 2.62. The van der Waals surface area contributed by atoms with Crippen molar-refractivity contribution in [3.63, 3.8) is 0 Å². The molecule has 2 rings (SSSR count). The van der Waals surface area contributed by atoms with Crippen LogP contribution in [0.1, 0.15) is 44.0 Å². The van der Waals surface area contributed by atoms with Crippen molar-refractivity contribution in [1.82, 2.24) is 15.8 Å². The first-order chi connectivity index (χ1) is 12.2. The standard InChI is InChI=1S/C18H24FN3O4/c1-18(2,3)26-17(25)22-10-6-7-12(11-22)15(23)20-21-16(24)13-8-4-5-9-14(13)19/h4-5,8-9,12H,6-7,10-11H2,1-3H3,(H,20,23)(H,21,24). The lowest BCUT2D eigenvalue weighted by Gasteiger charge is -2.33. The van der Waals surface area contributed by atoms with Crippen LogP contribution in [0.15, 0.2) is 24.3 Å². The number of carbonyl (C=O) groups is 3. The van der Waals surface area contributed by atoms with Crippen molar-refractivity contribution < 1.29 is 23.5 Å². The van der Waals surface area contributed by atoms with Gasteiger partial charge in [0.2, 0.25) is 5.91 Å². The van der Waals surface area contributed by atoms with Gasteiger partial charge in [-0.1, -0.05) is 12.1 Å². The van der Waals surface area contributed by atoms with E-state index in [2.05, 4.69) is 10.9 Å². The number of nitrogens with one attached hydrogen (secondary N) is 2. The van der Waals surface area contributed by atoms with Crippen LogP contribution in [-0.4, -0.2) is 41.5 Å². The average molecular weight is 365 g/mol. The minimum absolute atomic E-state index is 0.160. The Kier molecular flexibility index (Phi) is 6.18. The minimum Gasteiger partial charge on any atom is -0.444 e. The Balaban J connectivity index is 1.88. The van der Waals surface area contributed by atoms with Crippen LogP contribution in [0.4, 0.5) is 9.18 Å². The van der Waals surface area contributed by atoms with Gasteiger partial charge in [-0.3, -0.25) is 20.4 Å². The molecule has 0 radical (unpaired) electrons. The summed E-state index contributed by atoms with van der Waals surface area (Å²) in [6.45, 7) is 6.04. The number of hydrazine groups is 1. The number of carbonyl (C=O) groups excluding carboxylic acids is 3. The molecule has 2 N–H and O–H groups in total. The van der Waals surface area contributed by atoms with Crippen molar-refractivity contribution in [3.05, 3.63) is 35.6 Å². The van der Waals surface area contributed by atoms with Gasteiger partial charge in [0.1, 0.15) is 11.4 Å². The lowest BCUT2D eigenvalue weighted by molar-refractivity contribution is -0.127. The number of nitrogens with zero attached hydrogens (tertiary/aromatic N) is 1. The molecular formula is C18H24FN3O4. The Labute approximate surface area is 151 Å². The normalized spacial score (nSPS) is 17.4. The fraction of sp³-hybridized carbons (Fsp3) is 0.500. The molecule has 0 aliphatic carbocycles. The lowest BCUT2D eigenvalue weighted by atomic mass is 9.98. The maximum absolute atomic E-state index is 13.6. The highest BCUT2D eigenvalue weighted by Gasteiger charge is 2.31. The molecular weight excluding hydrogens is 341 g/mol. The molecule has 0 bridgehead atoms. The van der Waals surface area contributed by atoms with Gasteiger partial charge in [-0.05, 0) is 45.7 Å². The van der Waals surface area contributed by atoms with Crippen molar-refractivity contribution in [2.45, 2.75) is 39.2 Å². The molecule has 1 aliphatic heterocycles. The third kappa shape index (κ3) is 5.44. The number of rotatable bonds is 2. The van der Waals surface area contributed by atoms with Crippen molar-refractivity contribution in [2.75, 3.05) is 13.1 Å². The molecule has 1 fully saturated rings. The Morgan fingerprint density at radius 2 is 1.88 bits per heavy atom. The summed E-state index contributed by atoms with van der Waals surface area (Å²) >= 11 is 0. The molecule has 7 nitrogen and oxygen atoms in total. The molecule has 1 heterocycles. The Bertz CT molecular complexity index is 687. The topological polar surface area (TPSA) is 87.7 Å². The van der Waals surface area contributed by atoms with E-state index in [1.165, 1.54) is 23.1 Å². The second-order valence-electron chi connectivity index (χ2n) is 7.19. The van der Waals surface area contributed by atoms with E-state index < -0.39 is 35.2 Å². The Hall–Kier alpha value is -2.64. The smallest absolute Gasteiger partial charge is 0.410 e. The molecule has 1 aromatic rings. The molecule has 1 unspecified atom stereocenters. The van der Waals surface area contributed by atoms with E-state index in [1.807, 2.05) is 0 Å². The number of ether oxygens (including phenoxy) is 1. The molecule has 1 atom stereocenters. The first kappa shape index (κ1) is 19.7. The van der Waals surface area contributed by atoms with Gasteiger partial charge in [-0.2, -0.15) is 0 Å². The number of hydrogen-bond donors (Lipinski definition) is 2. The van der Waals surface area contributed by atoms with E-state index in [9.17, 15) is 18.8 Å². The van der Waals surface area contributed by atoms with Gasteiger partial charge < -0.3 is 9.64 Å². The third-order valence-electron chi connectivity index (χ3n) is 3.86. The minimum atomic E-state index is -0.740. The number of likely N-dealkylation sites (tertiary alicyclic amines) is 1. The van der Waals surface area contributed by atoms with Crippen LogP contribution in [-0.2, 0) is 9.53 Å². The second-order valence-corrected chi connectivity index (χ2v) is 7.19. The van der Waals surface area contributed by atoms with Gasteiger partial charge in [0.25, 0.3) is 5.91 Å². The van der Waals surface area contributed by atoms with Crippen LogP contribution >= 0.6 is 0 Å². The zero-order chi connectivity index (χ0) is 19.3. The van der Waals surface area contributed by atoms with E-state index in [4.69, 9.17) is 4.74 Å². The fourth-order valence-corrected chi connectivity index (χ4v) is 2.62. The van der Waals surface area contributed by atoms with E-state index in [-0.39, 0.29) is 12.1 Å². The van der Waals surface area contributed by atoms with E-state index in [0.717, 1.165) is 6.07 Å². The van der Waals surface area contributed by atoms with Crippen LogP contribution < -0.4 is 10.9 Å².